The molecule has 19 heteroatoms. The predicted octanol–water partition coefficient (Wildman–Crippen LogP) is 5.19. The maximum Gasteiger partial charge on any atom is 0.268 e. The minimum atomic E-state index is -2.34. The molecule has 3 aliphatic rings. The number of hydrogen-bond donors (Lipinski definition) is 5. The molecule has 0 saturated carbocycles. The number of amides is 6. The molecule has 7 rings (SSSR count). The maximum atomic E-state index is 13.5. The highest BCUT2D eigenvalue weighted by atomic mass is 32.1. The van der Waals surface area contributed by atoms with Gasteiger partial charge >= 0.3 is 0 Å². The average molecular weight is 933 g/mol. The molecule has 1 aromatic heterocycles. The number of aromatic nitrogens is 1. The Labute approximate surface area is 386 Å². The van der Waals surface area contributed by atoms with Crippen molar-refractivity contribution in [3.63, 3.8) is 0 Å². The van der Waals surface area contributed by atoms with Crippen LogP contribution in [0.15, 0.2) is 60.7 Å². The first kappa shape index (κ1) is 49.4. The monoisotopic (exact) mass is 932 g/mol. The van der Waals surface area contributed by atoms with Crippen molar-refractivity contribution in [2.75, 3.05) is 49.7 Å². The quantitative estimate of drug-likeness (QED) is 0.0282. The standard InChI is InChI=1S/C47H52F2N6O10.H2S/c48-31-22-29(23-32(49)26-31)28-51-45(61)47(63)15-17-54(46(47)62)34-10-12-37-30(24-34)25-38(52-37)40(56)8-2-1-4-18-64-20-6-7-21-65-19-5-3-16-50-33-9-11-35-36(27-33)44(60)55(43(35)59)39-13-14-41(57)53-42(39)58;/h9-12,22-27,39,50,52,63H,1-8,13-21,28H2,(H,51,61)(H,53,57,58);1H2/t39?,47-;/m0./s1. The molecule has 4 aromatic rings. The number of halogens is 2. The number of H-pyrrole nitrogens is 1. The lowest BCUT2D eigenvalue weighted by molar-refractivity contribution is -0.149. The summed E-state index contributed by atoms with van der Waals surface area (Å²) in [6.07, 6.45) is 6.11. The summed E-state index contributed by atoms with van der Waals surface area (Å²) in [4.78, 5) is 94.2. The van der Waals surface area contributed by atoms with Crippen LogP contribution in [-0.4, -0.2) is 107 Å². The molecule has 6 amide bonds. The van der Waals surface area contributed by atoms with Gasteiger partial charge in [0.15, 0.2) is 5.78 Å². The molecule has 4 heterocycles. The third kappa shape index (κ3) is 11.7. The molecule has 0 bridgehead atoms. The van der Waals surface area contributed by atoms with Crippen LogP contribution in [0, 0.1) is 11.6 Å². The van der Waals surface area contributed by atoms with Crippen LogP contribution in [0.5, 0.6) is 0 Å². The highest BCUT2D eigenvalue weighted by Crippen LogP contribution is 2.32. The van der Waals surface area contributed by atoms with Crippen molar-refractivity contribution in [3.05, 3.63) is 94.7 Å². The van der Waals surface area contributed by atoms with E-state index < -0.39 is 58.7 Å². The third-order valence-corrected chi connectivity index (χ3v) is 11.8. The van der Waals surface area contributed by atoms with Crippen LogP contribution in [0.1, 0.15) is 107 Å². The van der Waals surface area contributed by atoms with Gasteiger partial charge in [-0.1, -0.05) is 6.42 Å². The van der Waals surface area contributed by atoms with E-state index in [0.29, 0.717) is 79.9 Å². The van der Waals surface area contributed by atoms with Crippen LogP contribution in [0.3, 0.4) is 0 Å². The number of aliphatic hydroxyl groups is 1. The third-order valence-electron chi connectivity index (χ3n) is 11.8. The van der Waals surface area contributed by atoms with Crippen LogP contribution in [0.4, 0.5) is 20.2 Å². The fraction of sp³-hybridized carbons (Fsp3) is 0.426. The number of fused-ring (bicyclic) bond motifs is 2. The van der Waals surface area contributed by atoms with E-state index in [9.17, 15) is 47.4 Å². The van der Waals surface area contributed by atoms with E-state index in [0.717, 1.165) is 55.6 Å². The molecule has 0 radical (unpaired) electrons. The van der Waals surface area contributed by atoms with Crippen LogP contribution >= 0.6 is 13.5 Å². The molecule has 352 valence electrons. The average Bonchev–Trinajstić information content (AvgIpc) is 3.92. The SMILES string of the molecule is O=C1CCC(N2C(=O)c3ccc(NCCCCOCCCCOCCCCCC(=O)c4cc5cc(N6CC[C@](O)(C(=O)NCc7cc(F)cc(F)c7)C6=O)ccc5[nH]4)cc3C2=O)C(=O)N1.S. The number of anilines is 2. The number of carbonyl (C=O) groups is 7. The lowest BCUT2D eigenvalue weighted by Gasteiger charge is -2.27. The Kier molecular flexibility index (Phi) is 16.8. The number of hydrogen-bond acceptors (Lipinski definition) is 11. The minimum Gasteiger partial charge on any atom is -0.385 e. The highest BCUT2D eigenvalue weighted by molar-refractivity contribution is 7.59. The number of benzene rings is 3. The molecule has 3 aliphatic heterocycles. The zero-order valence-electron chi connectivity index (χ0n) is 36.4. The van der Waals surface area contributed by atoms with E-state index >= 15 is 0 Å². The topological polar surface area (TPSA) is 217 Å². The molecule has 16 nitrogen and oxygen atoms in total. The fourth-order valence-corrected chi connectivity index (χ4v) is 8.20. The van der Waals surface area contributed by atoms with Gasteiger partial charge in [-0.25, -0.2) is 8.78 Å². The molecule has 66 heavy (non-hydrogen) atoms. The van der Waals surface area contributed by atoms with Gasteiger partial charge in [-0.2, -0.15) is 13.5 Å². The van der Waals surface area contributed by atoms with E-state index in [2.05, 4.69) is 20.9 Å². The van der Waals surface area contributed by atoms with Gasteiger partial charge in [0.2, 0.25) is 17.4 Å². The first-order valence-corrected chi connectivity index (χ1v) is 22.0. The van der Waals surface area contributed by atoms with E-state index in [-0.39, 0.29) is 68.3 Å². The Morgan fingerprint density at radius 3 is 2.20 bits per heavy atom. The molecule has 1 unspecified atom stereocenters. The Balaban J connectivity index is 0.00000720. The second kappa shape index (κ2) is 22.4. The number of unbranched alkanes of at least 4 members (excludes halogenated alkanes) is 4. The van der Waals surface area contributed by atoms with Gasteiger partial charge in [0.05, 0.1) is 16.8 Å². The van der Waals surface area contributed by atoms with Gasteiger partial charge in [-0.3, -0.25) is 43.8 Å². The second-order valence-electron chi connectivity index (χ2n) is 16.5. The van der Waals surface area contributed by atoms with Crippen molar-refractivity contribution in [2.24, 2.45) is 0 Å². The molecule has 5 N–H and O–H groups in total. The van der Waals surface area contributed by atoms with Gasteiger partial charge < -0.3 is 35.1 Å². The number of carbonyl (C=O) groups excluding carboxylic acids is 7. The maximum absolute atomic E-state index is 13.5. The van der Waals surface area contributed by atoms with Crippen molar-refractivity contribution >= 4 is 77.0 Å². The number of nitrogens with one attached hydrogen (secondary N) is 4. The van der Waals surface area contributed by atoms with E-state index in [4.69, 9.17) is 9.47 Å². The largest absolute Gasteiger partial charge is 0.385 e. The smallest absolute Gasteiger partial charge is 0.268 e. The minimum absolute atomic E-state index is 0. The van der Waals surface area contributed by atoms with Crippen molar-refractivity contribution in [3.8, 4) is 0 Å². The van der Waals surface area contributed by atoms with Crippen molar-refractivity contribution in [1.82, 2.24) is 20.5 Å². The number of nitrogens with zero attached hydrogens (tertiary/aromatic N) is 2. The van der Waals surface area contributed by atoms with Gasteiger partial charge in [0, 0.05) is 93.7 Å². The molecule has 2 fully saturated rings. The molecular weight excluding hydrogens is 879 g/mol. The summed E-state index contributed by atoms with van der Waals surface area (Å²) in [5.41, 5.74) is 0.562. The van der Waals surface area contributed by atoms with Gasteiger partial charge in [0.1, 0.15) is 17.7 Å². The molecule has 3 aromatic carbocycles. The van der Waals surface area contributed by atoms with Crippen molar-refractivity contribution in [2.45, 2.75) is 88.8 Å². The highest BCUT2D eigenvalue weighted by Gasteiger charge is 2.52. The number of ketones is 1. The van der Waals surface area contributed by atoms with Crippen molar-refractivity contribution in [1.29, 1.82) is 0 Å². The Morgan fingerprint density at radius 2 is 1.48 bits per heavy atom. The first-order valence-electron chi connectivity index (χ1n) is 22.0. The fourth-order valence-electron chi connectivity index (χ4n) is 8.20. The van der Waals surface area contributed by atoms with E-state index in [1.165, 1.54) is 4.90 Å². The summed E-state index contributed by atoms with van der Waals surface area (Å²) in [5, 5.41) is 19.6. The second-order valence-corrected chi connectivity index (χ2v) is 16.5. The summed E-state index contributed by atoms with van der Waals surface area (Å²) < 4.78 is 38.6. The number of Topliss-reactive ketones (excluding diaryl/α,β-unsaturated/α-hetero) is 1. The number of aromatic amines is 1. The molecule has 0 aliphatic carbocycles. The van der Waals surface area contributed by atoms with Crippen molar-refractivity contribution < 1.29 is 56.9 Å². The molecule has 0 spiro atoms. The summed E-state index contributed by atoms with van der Waals surface area (Å²) in [7, 11) is 0. The number of piperidine rings is 1. The molecular formula is C47H54F2N6O10S. The summed E-state index contributed by atoms with van der Waals surface area (Å²) in [6.45, 7) is 2.90. The number of rotatable bonds is 23. The Bertz CT molecular complexity index is 2460. The first-order chi connectivity index (χ1) is 31.3. The Hall–Kier alpha value is -6.02. The molecule has 2 saturated heterocycles. The summed E-state index contributed by atoms with van der Waals surface area (Å²) in [6, 6.07) is 13.6. The van der Waals surface area contributed by atoms with Crippen LogP contribution < -0.4 is 20.9 Å². The molecule has 2 atom stereocenters. The lowest BCUT2D eigenvalue weighted by Crippen LogP contribution is -2.54. The number of ether oxygens (including phenoxy) is 2. The van der Waals surface area contributed by atoms with E-state index in [1.807, 2.05) is 0 Å². The lowest BCUT2D eigenvalue weighted by atomic mass is 10.0. The summed E-state index contributed by atoms with van der Waals surface area (Å²) in [5.74, 6) is -5.57. The van der Waals surface area contributed by atoms with Crippen LogP contribution in [0.2, 0.25) is 0 Å². The van der Waals surface area contributed by atoms with Crippen LogP contribution in [0.25, 0.3) is 10.9 Å². The predicted molar refractivity (Wildman–Crippen MR) is 243 cm³/mol. The van der Waals surface area contributed by atoms with Gasteiger partial charge in [-0.05, 0) is 105 Å². The van der Waals surface area contributed by atoms with Gasteiger partial charge in [0.25, 0.3) is 23.6 Å². The number of imide groups is 2. The Morgan fingerprint density at radius 1 is 0.803 bits per heavy atom. The zero-order chi connectivity index (χ0) is 46.1. The van der Waals surface area contributed by atoms with E-state index in [1.54, 1.807) is 42.5 Å². The zero-order valence-corrected chi connectivity index (χ0v) is 37.4. The van der Waals surface area contributed by atoms with Crippen LogP contribution in [-0.2, 0) is 35.2 Å². The summed E-state index contributed by atoms with van der Waals surface area (Å²) >= 11 is 0. The normalized spacial score (nSPS) is 18.2. The van der Waals surface area contributed by atoms with Gasteiger partial charge in [-0.15, -0.1) is 0 Å².